The lowest BCUT2D eigenvalue weighted by atomic mass is 9.99. The molecule has 0 unspecified atom stereocenters. The molecule has 1 rings (SSSR count). The van der Waals surface area contributed by atoms with E-state index in [0.717, 1.165) is 37.9 Å². The van der Waals surface area contributed by atoms with Gasteiger partial charge in [-0.2, -0.15) is 0 Å². The van der Waals surface area contributed by atoms with Crippen molar-refractivity contribution in [3.63, 3.8) is 0 Å². The molecule has 1 heterocycles. The van der Waals surface area contributed by atoms with Gasteiger partial charge in [0.05, 0.1) is 0 Å². The number of piperidine rings is 1. The Kier molecular flexibility index (Phi) is 8.30. The van der Waals surface area contributed by atoms with Gasteiger partial charge in [0.1, 0.15) is 0 Å². The molecule has 4 heteroatoms. The number of likely N-dealkylation sites (tertiary alicyclic amines) is 1. The largest absolute Gasteiger partial charge is 0.357 e. The van der Waals surface area contributed by atoms with Crippen molar-refractivity contribution in [2.75, 3.05) is 39.3 Å². The number of nitrogens with zero attached hydrogens (tertiary/aromatic N) is 2. The third-order valence-electron chi connectivity index (χ3n) is 3.54. The van der Waals surface area contributed by atoms with E-state index in [0.29, 0.717) is 0 Å². The normalized spacial score (nSPS) is 18.3. The van der Waals surface area contributed by atoms with E-state index in [1.54, 1.807) is 0 Å². The summed E-state index contributed by atoms with van der Waals surface area (Å²) < 4.78 is 0. The topological polar surface area (TPSA) is 39.7 Å². The lowest BCUT2D eigenvalue weighted by Gasteiger charge is -2.29. The summed E-state index contributed by atoms with van der Waals surface area (Å²) >= 11 is 0. The highest BCUT2D eigenvalue weighted by atomic mass is 15.2. The Bertz CT molecular complexity index is 267. The Labute approximate surface area is 118 Å². The molecule has 1 saturated heterocycles. The summed E-state index contributed by atoms with van der Waals surface area (Å²) in [6.45, 7) is 14.4. The van der Waals surface area contributed by atoms with E-state index in [4.69, 9.17) is 0 Å². The molecule has 0 amide bonds. The highest BCUT2D eigenvalue weighted by Gasteiger charge is 2.14. The Morgan fingerprint density at radius 1 is 1.37 bits per heavy atom. The highest BCUT2D eigenvalue weighted by Crippen LogP contribution is 2.15. The van der Waals surface area contributed by atoms with E-state index >= 15 is 0 Å². The third-order valence-corrected chi connectivity index (χ3v) is 3.54. The second-order valence-corrected chi connectivity index (χ2v) is 5.31. The van der Waals surface area contributed by atoms with E-state index in [1.807, 2.05) is 6.08 Å². The fourth-order valence-electron chi connectivity index (χ4n) is 2.28. The summed E-state index contributed by atoms with van der Waals surface area (Å²) in [5.41, 5.74) is 0. The van der Waals surface area contributed by atoms with Crippen molar-refractivity contribution >= 4 is 5.96 Å². The van der Waals surface area contributed by atoms with Crippen molar-refractivity contribution in [1.82, 2.24) is 15.5 Å². The van der Waals surface area contributed by atoms with Gasteiger partial charge in [0.2, 0.25) is 0 Å². The molecule has 0 aliphatic carbocycles. The lowest BCUT2D eigenvalue weighted by molar-refractivity contribution is 0.192. The van der Waals surface area contributed by atoms with Crippen molar-refractivity contribution in [3.05, 3.63) is 12.7 Å². The predicted octanol–water partition coefficient (Wildman–Crippen LogP) is 1.85. The lowest BCUT2D eigenvalue weighted by Crippen LogP contribution is -2.37. The van der Waals surface area contributed by atoms with Crippen molar-refractivity contribution in [3.8, 4) is 0 Å². The second-order valence-electron chi connectivity index (χ2n) is 5.31. The van der Waals surface area contributed by atoms with Gasteiger partial charge in [-0.3, -0.25) is 4.99 Å². The van der Waals surface area contributed by atoms with Crippen LogP contribution in [0.25, 0.3) is 0 Å². The maximum atomic E-state index is 4.57. The summed E-state index contributed by atoms with van der Waals surface area (Å²) in [5.74, 6) is 1.81. The standard InChI is InChI=1S/C15H30N4/c1-4-9-17-15(16-5-2)18-10-6-11-19-12-7-14(3)8-13-19/h4,14H,1,5-13H2,2-3H3,(H2,16,17,18). The molecule has 1 aliphatic rings. The van der Waals surface area contributed by atoms with Crippen molar-refractivity contribution < 1.29 is 0 Å². The maximum absolute atomic E-state index is 4.57. The first-order chi connectivity index (χ1) is 9.26. The molecule has 0 bridgehead atoms. The average Bonchev–Trinajstić information content (AvgIpc) is 2.42. The van der Waals surface area contributed by atoms with Crippen molar-refractivity contribution in [2.24, 2.45) is 10.9 Å². The zero-order chi connectivity index (χ0) is 13.9. The monoisotopic (exact) mass is 266 g/mol. The van der Waals surface area contributed by atoms with Crippen LogP contribution in [0.3, 0.4) is 0 Å². The van der Waals surface area contributed by atoms with Crippen LogP contribution in [0.1, 0.15) is 33.1 Å². The van der Waals surface area contributed by atoms with Gasteiger partial charge in [-0.1, -0.05) is 13.0 Å². The summed E-state index contributed by atoms with van der Waals surface area (Å²) in [6, 6.07) is 0. The Hall–Kier alpha value is -1.03. The second kappa shape index (κ2) is 9.84. The van der Waals surface area contributed by atoms with Gasteiger partial charge in [0.25, 0.3) is 0 Å². The Morgan fingerprint density at radius 3 is 2.74 bits per heavy atom. The van der Waals surface area contributed by atoms with Crippen LogP contribution in [0.15, 0.2) is 17.6 Å². The van der Waals surface area contributed by atoms with Gasteiger partial charge in [0.15, 0.2) is 5.96 Å². The molecular formula is C15H30N4. The molecule has 0 spiro atoms. The van der Waals surface area contributed by atoms with Crippen LogP contribution in [0, 0.1) is 5.92 Å². The summed E-state index contributed by atoms with van der Waals surface area (Å²) in [4.78, 5) is 7.14. The van der Waals surface area contributed by atoms with Crippen LogP contribution >= 0.6 is 0 Å². The molecule has 4 nitrogen and oxygen atoms in total. The van der Waals surface area contributed by atoms with Gasteiger partial charge in [-0.15, -0.1) is 6.58 Å². The van der Waals surface area contributed by atoms with E-state index in [-0.39, 0.29) is 0 Å². The van der Waals surface area contributed by atoms with Crippen LogP contribution in [0.5, 0.6) is 0 Å². The predicted molar refractivity (Wildman–Crippen MR) is 83.6 cm³/mol. The number of hydrogen-bond donors (Lipinski definition) is 2. The maximum Gasteiger partial charge on any atom is 0.191 e. The molecule has 2 N–H and O–H groups in total. The average molecular weight is 266 g/mol. The Morgan fingerprint density at radius 2 is 2.11 bits per heavy atom. The molecule has 0 aromatic carbocycles. The molecular weight excluding hydrogens is 236 g/mol. The molecule has 0 aromatic rings. The van der Waals surface area contributed by atoms with Gasteiger partial charge in [-0.05, 0) is 51.7 Å². The zero-order valence-electron chi connectivity index (χ0n) is 12.6. The summed E-state index contributed by atoms with van der Waals surface area (Å²) in [5, 5.41) is 6.46. The fourth-order valence-corrected chi connectivity index (χ4v) is 2.28. The van der Waals surface area contributed by atoms with Gasteiger partial charge in [-0.25, -0.2) is 0 Å². The minimum Gasteiger partial charge on any atom is -0.357 e. The smallest absolute Gasteiger partial charge is 0.191 e. The summed E-state index contributed by atoms with van der Waals surface area (Å²) in [6.07, 6.45) is 5.69. The third kappa shape index (κ3) is 7.21. The van der Waals surface area contributed by atoms with E-state index in [1.165, 1.54) is 32.5 Å². The Balaban J connectivity index is 2.17. The van der Waals surface area contributed by atoms with E-state index in [9.17, 15) is 0 Å². The van der Waals surface area contributed by atoms with Crippen LogP contribution in [0.4, 0.5) is 0 Å². The quantitative estimate of drug-likeness (QED) is 0.320. The minimum atomic E-state index is 0.760. The summed E-state index contributed by atoms with van der Waals surface area (Å²) in [7, 11) is 0. The van der Waals surface area contributed by atoms with Crippen LogP contribution in [-0.4, -0.2) is 50.1 Å². The molecule has 1 aliphatic heterocycles. The van der Waals surface area contributed by atoms with Crippen LogP contribution in [0.2, 0.25) is 0 Å². The molecule has 19 heavy (non-hydrogen) atoms. The molecule has 0 saturated carbocycles. The molecule has 0 atom stereocenters. The first kappa shape index (κ1) is 16.0. The van der Waals surface area contributed by atoms with Crippen molar-refractivity contribution in [1.29, 1.82) is 0 Å². The number of aliphatic imine (C=N–C) groups is 1. The van der Waals surface area contributed by atoms with Crippen molar-refractivity contribution in [2.45, 2.75) is 33.1 Å². The number of guanidine groups is 1. The van der Waals surface area contributed by atoms with E-state index < -0.39 is 0 Å². The van der Waals surface area contributed by atoms with Gasteiger partial charge < -0.3 is 15.5 Å². The number of rotatable bonds is 7. The number of hydrogen-bond acceptors (Lipinski definition) is 2. The zero-order valence-corrected chi connectivity index (χ0v) is 12.6. The first-order valence-corrected chi connectivity index (χ1v) is 7.61. The number of nitrogens with one attached hydrogen (secondary N) is 2. The van der Waals surface area contributed by atoms with Gasteiger partial charge >= 0.3 is 0 Å². The fraction of sp³-hybridized carbons (Fsp3) is 0.800. The molecule has 0 aromatic heterocycles. The van der Waals surface area contributed by atoms with E-state index in [2.05, 4.69) is 41.0 Å². The van der Waals surface area contributed by atoms with Crippen LogP contribution < -0.4 is 10.6 Å². The van der Waals surface area contributed by atoms with Gasteiger partial charge in [0, 0.05) is 19.6 Å². The highest BCUT2D eigenvalue weighted by molar-refractivity contribution is 5.79. The SMILES string of the molecule is C=CCNC(=NCCCN1CCC(C)CC1)NCC. The molecule has 0 radical (unpaired) electrons. The first-order valence-electron chi connectivity index (χ1n) is 7.61. The molecule has 1 fully saturated rings. The van der Waals surface area contributed by atoms with Crippen LogP contribution in [-0.2, 0) is 0 Å². The minimum absolute atomic E-state index is 0.760. The molecule has 110 valence electrons.